The number of hydrogen-bond acceptors (Lipinski definition) is 2. The van der Waals surface area contributed by atoms with Gasteiger partial charge in [0.25, 0.3) is 0 Å². The Hall–Kier alpha value is -1.27. The summed E-state index contributed by atoms with van der Waals surface area (Å²) >= 11 is 0. The van der Waals surface area contributed by atoms with Crippen molar-refractivity contribution >= 4 is 0 Å². The molecule has 0 aliphatic rings. The molecular weight excluding hydrogens is 174 g/mol. The minimum Gasteiger partial charge on any atom is -0.304 e. The van der Waals surface area contributed by atoms with Crippen molar-refractivity contribution in [2.24, 2.45) is 0 Å². The maximum atomic E-state index is 4.15. The Labute approximate surface area is 85.5 Å². The molecule has 14 heavy (non-hydrogen) atoms. The molecule has 1 heterocycles. The lowest BCUT2D eigenvalue weighted by atomic mass is 10.2. The van der Waals surface area contributed by atoms with Crippen molar-refractivity contribution in [3.8, 4) is 11.8 Å². The lowest BCUT2D eigenvalue weighted by molar-refractivity contribution is 0.476. The molecule has 0 spiro atoms. The van der Waals surface area contributed by atoms with Crippen LogP contribution in [0.15, 0.2) is 18.5 Å². The van der Waals surface area contributed by atoms with E-state index in [-0.39, 0.29) is 0 Å². The van der Waals surface area contributed by atoms with Gasteiger partial charge in [0, 0.05) is 25.0 Å². The van der Waals surface area contributed by atoms with Gasteiger partial charge in [-0.15, -0.1) is 5.92 Å². The average molecular weight is 191 g/mol. The van der Waals surface area contributed by atoms with Gasteiger partial charge in [0.2, 0.25) is 0 Å². The summed E-state index contributed by atoms with van der Waals surface area (Å²) in [5, 5.41) is 7.48. The van der Waals surface area contributed by atoms with Gasteiger partial charge >= 0.3 is 0 Å². The third kappa shape index (κ3) is 4.11. The smallest absolute Gasteiger partial charge is 0.0578 e. The second kappa shape index (κ2) is 6.22. The molecule has 0 saturated heterocycles. The van der Waals surface area contributed by atoms with Crippen molar-refractivity contribution in [2.75, 3.05) is 6.54 Å². The van der Waals surface area contributed by atoms with Crippen LogP contribution in [0.25, 0.3) is 0 Å². The molecule has 3 nitrogen and oxygen atoms in total. The topological polar surface area (TPSA) is 29.9 Å². The highest BCUT2D eigenvalue weighted by molar-refractivity contribution is 4.97. The van der Waals surface area contributed by atoms with E-state index >= 15 is 0 Å². The second-order valence-corrected chi connectivity index (χ2v) is 3.27. The molecule has 0 fully saturated rings. The maximum absolute atomic E-state index is 4.15. The lowest BCUT2D eigenvalue weighted by Gasteiger charge is -2.11. The number of aromatic nitrogens is 2. The van der Waals surface area contributed by atoms with Crippen LogP contribution in [0.1, 0.15) is 20.3 Å². The predicted octanol–water partition coefficient (Wildman–Crippen LogP) is 1.27. The van der Waals surface area contributed by atoms with E-state index in [2.05, 4.69) is 29.2 Å². The molecule has 0 aromatic carbocycles. The van der Waals surface area contributed by atoms with Gasteiger partial charge in [0.15, 0.2) is 0 Å². The zero-order valence-electron chi connectivity index (χ0n) is 8.83. The van der Waals surface area contributed by atoms with Gasteiger partial charge in [0.05, 0.1) is 6.54 Å². The fraction of sp³-hybridized carbons (Fsp3) is 0.545. The zero-order valence-corrected chi connectivity index (χ0v) is 8.83. The average Bonchev–Trinajstić information content (AvgIpc) is 2.68. The largest absolute Gasteiger partial charge is 0.304 e. The van der Waals surface area contributed by atoms with Crippen molar-refractivity contribution in [1.82, 2.24) is 15.1 Å². The van der Waals surface area contributed by atoms with E-state index in [0.29, 0.717) is 6.04 Å². The van der Waals surface area contributed by atoms with E-state index in [4.69, 9.17) is 0 Å². The first-order chi connectivity index (χ1) is 6.83. The van der Waals surface area contributed by atoms with E-state index in [0.717, 1.165) is 19.5 Å². The molecule has 0 saturated carbocycles. The van der Waals surface area contributed by atoms with Crippen LogP contribution >= 0.6 is 0 Å². The van der Waals surface area contributed by atoms with Gasteiger partial charge in [-0.05, 0) is 26.3 Å². The first-order valence-electron chi connectivity index (χ1n) is 4.93. The quantitative estimate of drug-likeness (QED) is 0.710. The summed E-state index contributed by atoms with van der Waals surface area (Å²) in [6.07, 6.45) is 4.87. The van der Waals surface area contributed by atoms with E-state index in [1.165, 1.54) is 0 Å². The third-order valence-electron chi connectivity index (χ3n) is 2.07. The standard InChI is InChI=1S/C11H17N3/c1-3-4-7-12-11(2)6-10-14-9-5-8-13-14/h5,8-9,11-12H,6-7,10H2,1-2H3. The molecule has 1 aromatic rings. The van der Waals surface area contributed by atoms with E-state index in [9.17, 15) is 0 Å². The highest BCUT2D eigenvalue weighted by atomic mass is 15.3. The summed E-state index contributed by atoms with van der Waals surface area (Å²) in [6.45, 7) is 5.76. The van der Waals surface area contributed by atoms with Crippen LogP contribution in [-0.4, -0.2) is 22.4 Å². The molecule has 0 aliphatic heterocycles. The fourth-order valence-corrected chi connectivity index (χ4v) is 1.17. The number of aryl methyl sites for hydroxylation is 1. The normalized spacial score (nSPS) is 11.9. The molecule has 0 bridgehead atoms. The third-order valence-corrected chi connectivity index (χ3v) is 2.07. The first kappa shape index (κ1) is 10.8. The monoisotopic (exact) mass is 191 g/mol. The molecule has 1 N–H and O–H groups in total. The molecule has 1 aromatic heterocycles. The van der Waals surface area contributed by atoms with Gasteiger partial charge in [-0.1, -0.05) is 5.92 Å². The molecule has 1 atom stereocenters. The van der Waals surface area contributed by atoms with Crippen LogP contribution in [0.2, 0.25) is 0 Å². The molecule has 3 heteroatoms. The maximum Gasteiger partial charge on any atom is 0.0578 e. The molecule has 1 rings (SSSR count). The van der Waals surface area contributed by atoms with Crippen molar-refractivity contribution in [3.63, 3.8) is 0 Å². The Bertz CT molecular complexity index is 292. The highest BCUT2D eigenvalue weighted by Gasteiger charge is 1.99. The number of nitrogens with one attached hydrogen (secondary N) is 1. The Kier molecular flexibility index (Phi) is 4.81. The van der Waals surface area contributed by atoms with E-state index in [1.807, 2.05) is 23.9 Å². The number of nitrogens with zero attached hydrogens (tertiary/aromatic N) is 2. The summed E-state index contributed by atoms with van der Waals surface area (Å²) < 4.78 is 1.95. The molecule has 0 radical (unpaired) electrons. The van der Waals surface area contributed by atoms with Crippen molar-refractivity contribution in [1.29, 1.82) is 0 Å². The van der Waals surface area contributed by atoms with Crippen LogP contribution in [0, 0.1) is 11.8 Å². The van der Waals surface area contributed by atoms with E-state index in [1.54, 1.807) is 6.20 Å². The van der Waals surface area contributed by atoms with Crippen LogP contribution in [0.3, 0.4) is 0 Å². The lowest BCUT2D eigenvalue weighted by Crippen LogP contribution is -2.27. The predicted molar refractivity (Wildman–Crippen MR) is 57.8 cm³/mol. The highest BCUT2D eigenvalue weighted by Crippen LogP contribution is 1.94. The minimum absolute atomic E-state index is 0.486. The number of hydrogen-bond donors (Lipinski definition) is 1. The van der Waals surface area contributed by atoms with Gasteiger partial charge < -0.3 is 5.32 Å². The van der Waals surface area contributed by atoms with Crippen molar-refractivity contribution in [2.45, 2.75) is 32.9 Å². The summed E-state index contributed by atoms with van der Waals surface area (Å²) in [5.41, 5.74) is 0. The number of rotatable bonds is 5. The molecule has 76 valence electrons. The minimum atomic E-state index is 0.486. The second-order valence-electron chi connectivity index (χ2n) is 3.27. The van der Waals surface area contributed by atoms with Gasteiger partial charge in [-0.25, -0.2) is 0 Å². The van der Waals surface area contributed by atoms with E-state index < -0.39 is 0 Å². The SMILES string of the molecule is CC#CCNC(C)CCn1cccn1. The summed E-state index contributed by atoms with van der Waals surface area (Å²) in [5.74, 6) is 5.85. The fourth-order valence-electron chi connectivity index (χ4n) is 1.17. The molecular formula is C11H17N3. The van der Waals surface area contributed by atoms with Crippen LogP contribution in [0.4, 0.5) is 0 Å². The van der Waals surface area contributed by atoms with Gasteiger partial charge in [-0.3, -0.25) is 4.68 Å². The Morgan fingerprint density at radius 3 is 3.07 bits per heavy atom. The van der Waals surface area contributed by atoms with Crippen LogP contribution in [0.5, 0.6) is 0 Å². The molecule has 0 amide bonds. The summed E-state index contributed by atoms with van der Waals surface area (Å²) in [4.78, 5) is 0. The molecule has 0 aliphatic carbocycles. The molecule has 1 unspecified atom stereocenters. The Morgan fingerprint density at radius 1 is 1.57 bits per heavy atom. The Balaban J connectivity index is 2.14. The van der Waals surface area contributed by atoms with Crippen LogP contribution in [-0.2, 0) is 6.54 Å². The van der Waals surface area contributed by atoms with Gasteiger partial charge in [-0.2, -0.15) is 5.10 Å². The first-order valence-corrected chi connectivity index (χ1v) is 4.93. The van der Waals surface area contributed by atoms with Gasteiger partial charge in [0.1, 0.15) is 0 Å². The zero-order chi connectivity index (χ0) is 10.2. The van der Waals surface area contributed by atoms with Crippen molar-refractivity contribution < 1.29 is 0 Å². The summed E-state index contributed by atoms with van der Waals surface area (Å²) in [6, 6.07) is 2.43. The summed E-state index contributed by atoms with van der Waals surface area (Å²) in [7, 11) is 0. The van der Waals surface area contributed by atoms with Crippen LogP contribution < -0.4 is 5.32 Å². The van der Waals surface area contributed by atoms with Crippen molar-refractivity contribution in [3.05, 3.63) is 18.5 Å². The Morgan fingerprint density at radius 2 is 2.43 bits per heavy atom.